The molecule has 0 unspecified atom stereocenters. The zero-order chi connectivity index (χ0) is 14.0. The maximum atomic E-state index is 10.9. The van der Waals surface area contributed by atoms with Crippen molar-refractivity contribution < 1.29 is 19.1 Å². The third kappa shape index (κ3) is 2.52. The van der Waals surface area contributed by atoms with E-state index >= 15 is 0 Å². The first-order valence-electron chi connectivity index (χ1n) is 5.34. The average Bonchev–Trinajstić information content (AvgIpc) is 2.80. The lowest BCUT2D eigenvalue weighted by atomic mass is 10.3. The Morgan fingerprint density at radius 3 is 2.84 bits per heavy atom. The van der Waals surface area contributed by atoms with Gasteiger partial charge in [0.25, 0.3) is 0 Å². The number of nitrogen functional groups attached to an aromatic ring is 1. The Labute approximate surface area is 108 Å². The quantitative estimate of drug-likeness (QED) is 0.833. The number of nitrogens with zero attached hydrogens (tertiary/aromatic N) is 3. The summed E-state index contributed by atoms with van der Waals surface area (Å²) < 4.78 is 10.2. The number of ether oxygens (including phenoxy) is 1. The molecule has 0 radical (unpaired) electrons. The largest absolute Gasteiger partial charge is 0.476 e. The molecule has 0 spiro atoms. The summed E-state index contributed by atoms with van der Waals surface area (Å²) in [4.78, 5) is 22.9. The molecule has 0 atom stereocenters. The number of nitrogens with two attached hydrogens (primary N) is 1. The monoisotopic (exact) mass is 264 g/mol. The normalized spacial score (nSPS) is 10.6. The van der Waals surface area contributed by atoms with Gasteiger partial charge in [-0.2, -0.15) is 0 Å². The van der Waals surface area contributed by atoms with Crippen LogP contribution in [-0.4, -0.2) is 33.1 Å². The number of methoxy groups -OCH3 is 1. The minimum atomic E-state index is -1.23. The summed E-state index contributed by atoms with van der Waals surface area (Å²) in [6.45, 7) is 1.91. The van der Waals surface area contributed by atoms with Gasteiger partial charge in [-0.25, -0.2) is 19.7 Å². The third-order valence-electron chi connectivity index (χ3n) is 2.35. The molecule has 2 heterocycles. The van der Waals surface area contributed by atoms with E-state index in [9.17, 15) is 4.79 Å². The lowest BCUT2D eigenvalue weighted by Gasteiger charge is -2.04. The smallest absolute Gasteiger partial charge is 0.358 e. The molecule has 19 heavy (non-hydrogen) atoms. The molecule has 0 saturated carbocycles. The number of rotatable bonds is 4. The van der Waals surface area contributed by atoms with Crippen molar-refractivity contribution in [1.29, 1.82) is 0 Å². The number of aryl methyl sites for hydroxylation is 1. The second kappa shape index (κ2) is 5.02. The molecule has 0 aliphatic heterocycles. The van der Waals surface area contributed by atoms with Gasteiger partial charge in [0.05, 0.1) is 12.3 Å². The Morgan fingerprint density at radius 2 is 2.21 bits per heavy atom. The van der Waals surface area contributed by atoms with Crippen LogP contribution in [0.15, 0.2) is 10.7 Å². The van der Waals surface area contributed by atoms with Gasteiger partial charge in [-0.15, -0.1) is 0 Å². The number of hydrogen-bond donors (Lipinski definition) is 2. The van der Waals surface area contributed by atoms with Crippen molar-refractivity contribution in [3.05, 3.63) is 23.3 Å². The fourth-order valence-electron chi connectivity index (χ4n) is 1.52. The van der Waals surface area contributed by atoms with Crippen molar-refractivity contribution in [2.24, 2.45) is 0 Å². The molecule has 0 aliphatic carbocycles. The first kappa shape index (κ1) is 13.0. The highest BCUT2D eigenvalue weighted by molar-refractivity contribution is 5.90. The Kier molecular flexibility index (Phi) is 3.43. The minimum absolute atomic E-state index is 0.181. The minimum Gasteiger partial charge on any atom is -0.476 e. The molecular formula is C11H12N4O4. The summed E-state index contributed by atoms with van der Waals surface area (Å²) in [6, 6.07) is 0. The van der Waals surface area contributed by atoms with Crippen molar-refractivity contribution in [3.8, 4) is 11.6 Å². The maximum Gasteiger partial charge on any atom is 0.358 e. The van der Waals surface area contributed by atoms with Crippen molar-refractivity contribution in [1.82, 2.24) is 15.0 Å². The van der Waals surface area contributed by atoms with Gasteiger partial charge in [0.1, 0.15) is 17.7 Å². The van der Waals surface area contributed by atoms with Gasteiger partial charge < -0.3 is 20.0 Å². The van der Waals surface area contributed by atoms with Gasteiger partial charge in [0.2, 0.25) is 5.89 Å². The van der Waals surface area contributed by atoms with Crippen LogP contribution in [0, 0.1) is 6.92 Å². The molecule has 0 amide bonds. The summed E-state index contributed by atoms with van der Waals surface area (Å²) in [5.74, 6) is -1.19. The number of oxazole rings is 1. The van der Waals surface area contributed by atoms with Crippen LogP contribution in [0.5, 0.6) is 0 Å². The second-order valence-corrected chi connectivity index (χ2v) is 3.77. The maximum absolute atomic E-state index is 10.9. The van der Waals surface area contributed by atoms with Gasteiger partial charge in [-0.1, -0.05) is 0 Å². The molecular weight excluding hydrogens is 252 g/mol. The van der Waals surface area contributed by atoms with Crippen LogP contribution >= 0.6 is 0 Å². The summed E-state index contributed by atoms with van der Waals surface area (Å²) in [5.41, 5.74) is 6.54. The van der Waals surface area contributed by atoms with Gasteiger partial charge in [-0.05, 0) is 6.92 Å². The van der Waals surface area contributed by atoms with Crippen molar-refractivity contribution in [2.45, 2.75) is 13.5 Å². The number of carbonyl (C=O) groups is 1. The fourth-order valence-corrected chi connectivity index (χ4v) is 1.52. The Morgan fingerprint density at radius 1 is 1.47 bits per heavy atom. The predicted molar refractivity (Wildman–Crippen MR) is 64.4 cm³/mol. The number of aromatic nitrogens is 3. The van der Waals surface area contributed by atoms with Crippen molar-refractivity contribution in [3.63, 3.8) is 0 Å². The molecule has 0 saturated heterocycles. The predicted octanol–water partition coefficient (Wildman–Crippen LogP) is 0.867. The standard InChI is InChI=1S/C11H12N4O4/c1-5-7(10-14-6(3-18-2)4-19-10)15-9(12)8(13-5)11(16)17/h4H,3H2,1-2H3,(H2,12,15)(H,16,17). The van der Waals surface area contributed by atoms with E-state index in [2.05, 4.69) is 15.0 Å². The number of carboxylic acids is 1. The van der Waals surface area contributed by atoms with E-state index in [0.29, 0.717) is 23.7 Å². The summed E-state index contributed by atoms with van der Waals surface area (Å²) in [5, 5.41) is 8.89. The van der Waals surface area contributed by atoms with E-state index in [-0.39, 0.29) is 17.4 Å². The van der Waals surface area contributed by atoms with Crippen molar-refractivity contribution >= 4 is 11.8 Å². The summed E-state index contributed by atoms with van der Waals surface area (Å²) in [6.07, 6.45) is 1.43. The molecule has 8 nitrogen and oxygen atoms in total. The fraction of sp³-hybridized carbons (Fsp3) is 0.273. The third-order valence-corrected chi connectivity index (χ3v) is 2.35. The van der Waals surface area contributed by atoms with E-state index in [4.69, 9.17) is 20.0 Å². The molecule has 0 aromatic carbocycles. The van der Waals surface area contributed by atoms with Gasteiger partial charge in [0.15, 0.2) is 11.5 Å². The van der Waals surface area contributed by atoms with Crippen LogP contribution in [0.1, 0.15) is 21.9 Å². The molecule has 0 aliphatic rings. The van der Waals surface area contributed by atoms with Crippen LogP contribution in [0.4, 0.5) is 5.82 Å². The molecule has 3 N–H and O–H groups in total. The van der Waals surface area contributed by atoms with Crippen LogP contribution in [0.2, 0.25) is 0 Å². The zero-order valence-electron chi connectivity index (χ0n) is 10.4. The van der Waals surface area contributed by atoms with E-state index < -0.39 is 5.97 Å². The lowest BCUT2D eigenvalue weighted by Crippen LogP contribution is -2.10. The van der Waals surface area contributed by atoms with E-state index in [1.807, 2.05) is 0 Å². The molecule has 2 aromatic rings. The van der Waals surface area contributed by atoms with Crippen LogP contribution < -0.4 is 5.73 Å². The molecule has 0 fully saturated rings. The summed E-state index contributed by atoms with van der Waals surface area (Å²) >= 11 is 0. The second-order valence-electron chi connectivity index (χ2n) is 3.77. The Balaban J connectivity index is 2.44. The van der Waals surface area contributed by atoms with Crippen LogP contribution in [0.25, 0.3) is 11.6 Å². The SMILES string of the molecule is COCc1coc(-c2nc(N)c(C(=O)O)nc2C)n1. The number of hydrogen-bond acceptors (Lipinski definition) is 7. The van der Waals surface area contributed by atoms with Crippen LogP contribution in [0.3, 0.4) is 0 Å². The lowest BCUT2D eigenvalue weighted by molar-refractivity contribution is 0.0691. The average molecular weight is 264 g/mol. The molecule has 8 heteroatoms. The van der Waals surface area contributed by atoms with E-state index in [1.165, 1.54) is 6.26 Å². The highest BCUT2D eigenvalue weighted by atomic mass is 16.5. The highest BCUT2D eigenvalue weighted by Gasteiger charge is 2.18. The topological polar surface area (TPSA) is 124 Å². The first-order chi connectivity index (χ1) is 9.02. The summed E-state index contributed by atoms with van der Waals surface area (Å²) in [7, 11) is 1.54. The molecule has 0 bridgehead atoms. The molecule has 2 aromatic heterocycles. The Bertz CT molecular complexity index is 623. The van der Waals surface area contributed by atoms with E-state index in [0.717, 1.165) is 0 Å². The molecule has 100 valence electrons. The van der Waals surface area contributed by atoms with E-state index in [1.54, 1.807) is 14.0 Å². The first-order valence-corrected chi connectivity index (χ1v) is 5.34. The number of aromatic carboxylic acids is 1. The van der Waals surface area contributed by atoms with Gasteiger partial charge >= 0.3 is 5.97 Å². The Hall–Kier alpha value is -2.48. The number of anilines is 1. The molecule has 2 rings (SSSR count). The zero-order valence-corrected chi connectivity index (χ0v) is 10.4. The van der Waals surface area contributed by atoms with Crippen molar-refractivity contribution in [2.75, 3.05) is 12.8 Å². The number of carboxylic acid groups (broad SMARTS) is 1. The van der Waals surface area contributed by atoms with Gasteiger partial charge in [0, 0.05) is 7.11 Å². The van der Waals surface area contributed by atoms with Crippen LogP contribution in [-0.2, 0) is 11.3 Å². The van der Waals surface area contributed by atoms with Gasteiger partial charge in [-0.3, -0.25) is 0 Å². The highest BCUT2D eigenvalue weighted by Crippen LogP contribution is 2.22.